The molecule has 0 unspecified atom stereocenters. The van der Waals surface area contributed by atoms with Crippen LogP contribution in [0.3, 0.4) is 0 Å². The topological polar surface area (TPSA) is 64.9 Å². The minimum absolute atomic E-state index is 0.0745. The van der Waals surface area contributed by atoms with Gasteiger partial charge in [0.15, 0.2) is 11.6 Å². The Morgan fingerprint density at radius 1 is 1.29 bits per heavy atom. The van der Waals surface area contributed by atoms with Crippen molar-refractivity contribution in [3.05, 3.63) is 27.7 Å². The van der Waals surface area contributed by atoms with Crippen molar-refractivity contribution in [1.82, 2.24) is 9.97 Å². The smallest absolute Gasteiger partial charge is 0.197 e. The lowest BCUT2D eigenvalue weighted by Crippen LogP contribution is -2.18. The molecule has 0 saturated heterocycles. The van der Waals surface area contributed by atoms with Crippen molar-refractivity contribution in [2.24, 2.45) is 0 Å². The number of nitrogens with zero attached hydrogens (tertiary/aromatic N) is 2. The zero-order chi connectivity index (χ0) is 12.6. The van der Waals surface area contributed by atoms with Gasteiger partial charge in [0.05, 0.1) is 15.5 Å². The highest BCUT2D eigenvalue weighted by Crippen LogP contribution is 2.30. The average Bonchev–Trinajstić information content (AvgIpc) is 2.73. The lowest BCUT2D eigenvalue weighted by molar-refractivity contribution is 0.554. The van der Waals surface area contributed by atoms with Crippen LogP contribution >= 0.6 is 22.6 Å². The molecule has 90 valence electrons. The zero-order valence-electron chi connectivity index (χ0n) is 9.99. The van der Waals surface area contributed by atoms with E-state index >= 15 is 0 Å². The van der Waals surface area contributed by atoms with Gasteiger partial charge in [-0.15, -0.1) is 0 Å². The van der Waals surface area contributed by atoms with Crippen LogP contribution in [0, 0.1) is 3.57 Å². The van der Waals surface area contributed by atoms with E-state index in [1.807, 2.05) is 12.1 Å². The van der Waals surface area contributed by atoms with Gasteiger partial charge in [0, 0.05) is 5.41 Å². The monoisotopic (exact) mass is 343 g/mol. The first-order chi connectivity index (χ1) is 7.89. The summed E-state index contributed by atoms with van der Waals surface area (Å²) in [6.45, 7) is 6.30. The molecule has 17 heavy (non-hydrogen) atoms. The molecule has 0 aliphatic carbocycles. The summed E-state index contributed by atoms with van der Waals surface area (Å²) in [4.78, 5) is 8.81. The van der Waals surface area contributed by atoms with Gasteiger partial charge in [0.25, 0.3) is 0 Å². The number of halogens is 1. The number of rotatable bonds is 1. The quantitative estimate of drug-likeness (QED) is 0.808. The van der Waals surface area contributed by atoms with E-state index in [1.165, 1.54) is 0 Å². The number of nitrogens with two attached hydrogens (primary N) is 1. The van der Waals surface area contributed by atoms with Crippen LogP contribution in [0.25, 0.3) is 11.6 Å². The Morgan fingerprint density at radius 3 is 2.53 bits per heavy atom. The van der Waals surface area contributed by atoms with Crippen LogP contribution in [-0.2, 0) is 5.41 Å². The molecule has 2 rings (SSSR count). The molecule has 0 aliphatic heterocycles. The van der Waals surface area contributed by atoms with Crippen LogP contribution in [0.4, 0.5) is 5.82 Å². The van der Waals surface area contributed by atoms with Crippen LogP contribution in [0.2, 0.25) is 0 Å². The summed E-state index contributed by atoms with van der Waals surface area (Å²) < 4.78 is 6.21. The second kappa shape index (κ2) is 4.29. The molecule has 4 nitrogen and oxygen atoms in total. The van der Waals surface area contributed by atoms with Crippen LogP contribution < -0.4 is 5.73 Å². The van der Waals surface area contributed by atoms with Crippen LogP contribution in [-0.4, -0.2) is 9.97 Å². The molecule has 2 aromatic rings. The maximum atomic E-state index is 5.92. The van der Waals surface area contributed by atoms with Gasteiger partial charge in [0.2, 0.25) is 0 Å². The molecule has 2 heterocycles. The van der Waals surface area contributed by atoms with Crippen LogP contribution in [0.5, 0.6) is 0 Å². The highest BCUT2D eigenvalue weighted by Gasteiger charge is 2.23. The van der Waals surface area contributed by atoms with E-state index in [4.69, 9.17) is 10.2 Å². The molecule has 0 bridgehead atoms. The Balaban J connectivity index is 2.62. The van der Waals surface area contributed by atoms with E-state index in [1.54, 1.807) is 6.26 Å². The first-order valence-corrected chi connectivity index (χ1v) is 6.35. The summed E-state index contributed by atoms with van der Waals surface area (Å²) in [5.41, 5.74) is 6.79. The van der Waals surface area contributed by atoms with Crippen molar-refractivity contribution < 1.29 is 4.42 Å². The summed E-state index contributed by atoms with van der Waals surface area (Å²) in [5, 5.41) is 0. The van der Waals surface area contributed by atoms with Gasteiger partial charge in [-0.1, -0.05) is 20.8 Å². The van der Waals surface area contributed by atoms with Crippen molar-refractivity contribution in [2.45, 2.75) is 26.2 Å². The minimum Gasteiger partial charge on any atom is -0.461 e. The first-order valence-electron chi connectivity index (χ1n) is 5.27. The molecule has 0 aromatic carbocycles. The predicted octanol–water partition coefficient (Wildman–Crippen LogP) is 3.22. The number of anilines is 1. The molecule has 0 saturated carbocycles. The SMILES string of the molecule is CC(C)(C)c1nc(-c2ccco2)nc(N)c1I. The number of hydrogen-bond acceptors (Lipinski definition) is 4. The van der Waals surface area contributed by atoms with E-state index < -0.39 is 0 Å². The Morgan fingerprint density at radius 2 is 2.00 bits per heavy atom. The number of aromatic nitrogens is 2. The number of hydrogen-bond donors (Lipinski definition) is 1. The van der Waals surface area contributed by atoms with Gasteiger partial charge >= 0.3 is 0 Å². The van der Waals surface area contributed by atoms with E-state index in [0.29, 0.717) is 17.4 Å². The van der Waals surface area contributed by atoms with Crippen molar-refractivity contribution >= 4 is 28.4 Å². The lowest BCUT2D eigenvalue weighted by Gasteiger charge is -2.20. The molecule has 0 amide bonds. The van der Waals surface area contributed by atoms with Gasteiger partial charge in [-0.25, -0.2) is 9.97 Å². The highest BCUT2D eigenvalue weighted by molar-refractivity contribution is 14.1. The third-order valence-corrected chi connectivity index (χ3v) is 3.39. The second-order valence-corrected chi connectivity index (χ2v) is 5.90. The summed E-state index contributed by atoms with van der Waals surface area (Å²) in [6, 6.07) is 3.64. The van der Waals surface area contributed by atoms with Crippen molar-refractivity contribution in [2.75, 3.05) is 5.73 Å². The Kier molecular flexibility index (Phi) is 3.11. The van der Waals surface area contributed by atoms with E-state index in [-0.39, 0.29) is 5.41 Å². The summed E-state index contributed by atoms with van der Waals surface area (Å²) in [7, 11) is 0. The fourth-order valence-electron chi connectivity index (χ4n) is 1.48. The molecule has 0 radical (unpaired) electrons. The van der Waals surface area contributed by atoms with E-state index in [2.05, 4.69) is 53.3 Å². The van der Waals surface area contributed by atoms with Gasteiger partial charge in [-0.2, -0.15) is 0 Å². The molecular formula is C12H14IN3O. The molecule has 0 fully saturated rings. The van der Waals surface area contributed by atoms with Gasteiger partial charge in [-0.05, 0) is 34.7 Å². The number of furan rings is 1. The fourth-order valence-corrected chi connectivity index (χ4v) is 2.53. The van der Waals surface area contributed by atoms with Crippen LogP contribution in [0.15, 0.2) is 22.8 Å². The predicted molar refractivity (Wildman–Crippen MR) is 75.6 cm³/mol. The van der Waals surface area contributed by atoms with Gasteiger partial charge in [0.1, 0.15) is 5.82 Å². The van der Waals surface area contributed by atoms with Crippen molar-refractivity contribution in [3.63, 3.8) is 0 Å². The molecular weight excluding hydrogens is 329 g/mol. The molecule has 5 heteroatoms. The maximum absolute atomic E-state index is 5.92. The Bertz CT molecular complexity index is 529. The van der Waals surface area contributed by atoms with E-state index in [9.17, 15) is 0 Å². The summed E-state index contributed by atoms with van der Waals surface area (Å²) >= 11 is 2.18. The van der Waals surface area contributed by atoms with Crippen LogP contribution in [0.1, 0.15) is 26.5 Å². The Hall–Kier alpha value is -1.11. The van der Waals surface area contributed by atoms with Crippen molar-refractivity contribution in [1.29, 1.82) is 0 Å². The fraction of sp³-hybridized carbons (Fsp3) is 0.333. The largest absolute Gasteiger partial charge is 0.461 e. The molecule has 0 atom stereocenters. The first kappa shape index (κ1) is 12.3. The van der Waals surface area contributed by atoms with Gasteiger partial charge < -0.3 is 10.2 Å². The van der Waals surface area contributed by atoms with E-state index in [0.717, 1.165) is 9.26 Å². The number of nitrogen functional groups attached to an aromatic ring is 1. The minimum atomic E-state index is -0.0745. The third kappa shape index (κ3) is 2.43. The Labute approximate surface area is 114 Å². The molecule has 2 N–H and O–H groups in total. The average molecular weight is 343 g/mol. The molecule has 2 aromatic heterocycles. The van der Waals surface area contributed by atoms with Crippen molar-refractivity contribution in [3.8, 4) is 11.6 Å². The standard InChI is InChI=1S/C12H14IN3O/c1-12(2,3)9-8(13)10(14)16-11(15-9)7-5-4-6-17-7/h4-6H,1-3H3,(H2,14,15,16). The summed E-state index contributed by atoms with van der Waals surface area (Å²) in [6.07, 6.45) is 1.60. The maximum Gasteiger partial charge on any atom is 0.197 e. The molecule has 0 spiro atoms. The molecule has 0 aliphatic rings. The summed E-state index contributed by atoms with van der Waals surface area (Å²) in [5.74, 6) is 1.67. The second-order valence-electron chi connectivity index (χ2n) is 4.82. The lowest BCUT2D eigenvalue weighted by atomic mass is 9.92. The zero-order valence-corrected chi connectivity index (χ0v) is 12.1. The highest BCUT2D eigenvalue weighted by atomic mass is 127. The normalized spacial score (nSPS) is 11.8. The van der Waals surface area contributed by atoms with Gasteiger partial charge in [-0.3, -0.25) is 0 Å². The third-order valence-electron chi connectivity index (χ3n) is 2.33.